The van der Waals surface area contributed by atoms with Crippen LogP contribution in [-0.2, 0) is 11.3 Å². The summed E-state index contributed by atoms with van der Waals surface area (Å²) >= 11 is 0. The fraction of sp³-hybridized carbons (Fsp3) is 0.667. The molecule has 0 unspecified atom stereocenters. The highest BCUT2D eigenvalue weighted by Crippen LogP contribution is 2.45. The van der Waals surface area contributed by atoms with E-state index < -0.39 is 0 Å². The zero-order valence-electron chi connectivity index (χ0n) is 8.73. The highest BCUT2D eigenvalue weighted by atomic mass is 16.2. The molecule has 0 radical (unpaired) electrons. The molecule has 1 heterocycles. The average molecular weight is 209 g/mol. The Morgan fingerprint density at radius 3 is 2.93 bits per heavy atom. The molecule has 1 amide bonds. The first kappa shape index (κ1) is 10.1. The highest BCUT2D eigenvalue weighted by Gasteiger charge is 2.49. The maximum atomic E-state index is 12.0. The number of hydrogen-bond acceptors (Lipinski definition) is 4. The fourth-order valence-electron chi connectivity index (χ4n) is 1.66. The molecule has 3 N–H and O–H groups in total. The Hall–Kier alpha value is -1.43. The van der Waals surface area contributed by atoms with Gasteiger partial charge in [0.25, 0.3) is 0 Å². The first-order valence-corrected chi connectivity index (χ1v) is 4.98. The second-order valence-corrected chi connectivity index (χ2v) is 4.08. The molecule has 0 aliphatic heterocycles. The topological polar surface area (TPSA) is 87.9 Å². The van der Waals surface area contributed by atoms with Gasteiger partial charge in [0.05, 0.1) is 12.0 Å². The SMILES string of the molecule is CN(Cc1ncn[nH]1)C(=O)C1(CN)CC1. The number of H-pyrrole nitrogens is 1. The van der Waals surface area contributed by atoms with Crippen LogP contribution in [-0.4, -0.2) is 39.6 Å². The molecule has 1 aliphatic carbocycles. The molecule has 1 aliphatic rings. The van der Waals surface area contributed by atoms with Gasteiger partial charge in [0, 0.05) is 13.6 Å². The lowest BCUT2D eigenvalue weighted by Gasteiger charge is -2.21. The lowest BCUT2D eigenvalue weighted by Crippen LogP contribution is -2.37. The van der Waals surface area contributed by atoms with Crippen molar-refractivity contribution in [1.29, 1.82) is 0 Å². The second kappa shape index (κ2) is 3.62. The van der Waals surface area contributed by atoms with E-state index in [4.69, 9.17) is 5.73 Å². The number of amides is 1. The van der Waals surface area contributed by atoms with Gasteiger partial charge in [0.1, 0.15) is 12.2 Å². The Morgan fingerprint density at radius 2 is 2.47 bits per heavy atom. The van der Waals surface area contributed by atoms with Crippen molar-refractivity contribution < 1.29 is 4.79 Å². The predicted octanol–water partition coefficient (Wildman–Crippen LogP) is -0.498. The summed E-state index contributed by atoms with van der Waals surface area (Å²) in [7, 11) is 1.76. The summed E-state index contributed by atoms with van der Waals surface area (Å²) in [4.78, 5) is 17.6. The molecule has 0 spiro atoms. The van der Waals surface area contributed by atoms with Crippen molar-refractivity contribution in [3.05, 3.63) is 12.2 Å². The van der Waals surface area contributed by atoms with E-state index in [0.29, 0.717) is 18.9 Å². The number of nitrogens with one attached hydrogen (secondary N) is 1. The molecule has 0 bridgehead atoms. The molecule has 0 saturated heterocycles. The van der Waals surface area contributed by atoms with Crippen LogP contribution in [0.4, 0.5) is 0 Å². The number of aromatic nitrogens is 3. The maximum Gasteiger partial charge on any atom is 0.230 e. The normalized spacial score (nSPS) is 17.5. The minimum atomic E-state index is -0.283. The Kier molecular flexibility index (Phi) is 2.44. The molecule has 82 valence electrons. The summed E-state index contributed by atoms with van der Waals surface area (Å²) in [5.74, 6) is 0.806. The number of carbonyl (C=O) groups is 1. The third-order valence-corrected chi connectivity index (χ3v) is 2.90. The van der Waals surface area contributed by atoms with Crippen LogP contribution >= 0.6 is 0 Å². The quantitative estimate of drug-likeness (QED) is 0.700. The van der Waals surface area contributed by atoms with E-state index in [1.54, 1.807) is 11.9 Å². The lowest BCUT2D eigenvalue weighted by atomic mass is 10.1. The Balaban J connectivity index is 1.96. The maximum absolute atomic E-state index is 12.0. The Labute approximate surface area is 87.9 Å². The van der Waals surface area contributed by atoms with Gasteiger partial charge in [-0.15, -0.1) is 0 Å². The number of nitrogens with two attached hydrogens (primary N) is 1. The van der Waals surface area contributed by atoms with Crippen LogP contribution in [0.15, 0.2) is 6.33 Å². The first-order chi connectivity index (χ1) is 7.18. The van der Waals surface area contributed by atoms with Crippen LogP contribution in [0.5, 0.6) is 0 Å². The predicted molar refractivity (Wildman–Crippen MR) is 53.6 cm³/mol. The number of nitrogens with zero attached hydrogens (tertiary/aromatic N) is 3. The molecule has 1 aromatic rings. The van der Waals surface area contributed by atoms with Crippen molar-refractivity contribution in [2.75, 3.05) is 13.6 Å². The third-order valence-electron chi connectivity index (χ3n) is 2.90. The highest BCUT2D eigenvalue weighted by molar-refractivity contribution is 5.85. The standard InChI is InChI=1S/C9H15N5O/c1-14(4-7-11-6-12-13-7)8(15)9(5-10)2-3-9/h6H,2-5,10H2,1H3,(H,11,12,13). The molecule has 0 aromatic carbocycles. The summed E-state index contributed by atoms with van der Waals surface area (Å²) < 4.78 is 0. The van der Waals surface area contributed by atoms with Gasteiger partial charge in [-0.1, -0.05) is 0 Å². The molecule has 1 saturated carbocycles. The molecule has 6 nitrogen and oxygen atoms in total. The third kappa shape index (κ3) is 1.85. The summed E-state index contributed by atoms with van der Waals surface area (Å²) in [6.45, 7) is 0.896. The molecule has 15 heavy (non-hydrogen) atoms. The Morgan fingerprint density at radius 1 is 1.73 bits per heavy atom. The lowest BCUT2D eigenvalue weighted by molar-refractivity contribution is -0.135. The van der Waals surface area contributed by atoms with Gasteiger partial charge in [-0.2, -0.15) is 5.10 Å². The van der Waals surface area contributed by atoms with Gasteiger partial charge < -0.3 is 10.6 Å². The fourth-order valence-corrected chi connectivity index (χ4v) is 1.66. The van der Waals surface area contributed by atoms with E-state index in [1.807, 2.05) is 0 Å². The molecule has 0 atom stereocenters. The van der Waals surface area contributed by atoms with Crippen LogP contribution in [0.25, 0.3) is 0 Å². The summed E-state index contributed by atoms with van der Waals surface area (Å²) in [5.41, 5.74) is 5.31. The number of carbonyl (C=O) groups excluding carboxylic acids is 1. The van der Waals surface area contributed by atoms with Gasteiger partial charge in [-0.25, -0.2) is 4.98 Å². The minimum absolute atomic E-state index is 0.112. The molecule has 6 heteroatoms. The van der Waals surface area contributed by atoms with E-state index in [1.165, 1.54) is 6.33 Å². The minimum Gasteiger partial charge on any atom is -0.338 e. The van der Waals surface area contributed by atoms with Gasteiger partial charge in [-0.05, 0) is 12.8 Å². The second-order valence-electron chi connectivity index (χ2n) is 4.08. The van der Waals surface area contributed by atoms with E-state index in [0.717, 1.165) is 12.8 Å². The summed E-state index contributed by atoms with van der Waals surface area (Å²) in [6.07, 6.45) is 3.25. The van der Waals surface area contributed by atoms with Crippen molar-refractivity contribution in [2.24, 2.45) is 11.1 Å². The van der Waals surface area contributed by atoms with E-state index in [-0.39, 0.29) is 11.3 Å². The monoisotopic (exact) mass is 209 g/mol. The zero-order chi connectivity index (χ0) is 10.9. The Bertz CT molecular complexity index is 343. The van der Waals surface area contributed by atoms with Crippen LogP contribution < -0.4 is 5.73 Å². The van der Waals surface area contributed by atoms with Crippen LogP contribution in [0.2, 0.25) is 0 Å². The number of aromatic amines is 1. The number of hydrogen-bond donors (Lipinski definition) is 2. The van der Waals surface area contributed by atoms with Crippen LogP contribution in [0.1, 0.15) is 18.7 Å². The van der Waals surface area contributed by atoms with Crippen molar-refractivity contribution in [3.63, 3.8) is 0 Å². The smallest absolute Gasteiger partial charge is 0.230 e. The number of rotatable bonds is 4. The van der Waals surface area contributed by atoms with Crippen molar-refractivity contribution in [3.8, 4) is 0 Å². The van der Waals surface area contributed by atoms with Gasteiger partial charge in [0.2, 0.25) is 5.91 Å². The van der Waals surface area contributed by atoms with Gasteiger partial charge in [0.15, 0.2) is 0 Å². The van der Waals surface area contributed by atoms with E-state index in [9.17, 15) is 4.79 Å². The largest absolute Gasteiger partial charge is 0.338 e. The molecule has 2 rings (SSSR count). The van der Waals surface area contributed by atoms with Crippen molar-refractivity contribution in [1.82, 2.24) is 20.1 Å². The average Bonchev–Trinajstić information content (AvgIpc) is 2.89. The van der Waals surface area contributed by atoms with Crippen LogP contribution in [0, 0.1) is 5.41 Å². The van der Waals surface area contributed by atoms with Crippen molar-refractivity contribution >= 4 is 5.91 Å². The summed E-state index contributed by atoms with van der Waals surface area (Å²) in [6, 6.07) is 0. The molecule has 1 fully saturated rings. The summed E-state index contributed by atoms with van der Waals surface area (Å²) in [5, 5.41) is 6.46. The first-order valence-electron chi connectivity index (χ1n) is 4.98. The molecular formula is C9H15N5O. The van der Waals surface area contributed by atoms with E-state index >= 15 is 0 Å². The molecular weight excluding hydrogens is 194 g/mol. The molecule has 1 aromatic heterocycles. The zero-order valence-corrected chi connectivity index (χ0v) is 8.73. The van der Waals surface area contributed by atoms with E-state index in [2.05, 4.69) is 15.2 Å². The van der Waals surface area contributed by atoms with Gasteiger partial charge >= 0.3 is 0 Å². The van der Waals surface area contributed by atoms with Gasteiger partial charge in [-0.3, -0.25) is 9.89 Å². The van der Waals surface area contributed by atoms with Crippen LogP contribution in [0.3, 0.4) is 0 Å². The van der Waals surface area contributed by atoms with Crippen molar-refractivity contribution in [2.45, 2.75) is 19.4 Å².